The van der Waals surface area contributed by atoms with Gasteiger partial charge < -0.3 is 14.5 Å². The molecule has 2 aliphatic rings. The van der Waals surface area contributed by atoms with Crippen molar-refractivity contribution >= 4 is 40.7 Å². The first kappa shape index (κ1) is 44.8. The highest BCUT2D eigenvalue weighted by Gasteiger charge is 2.43. The molecule has 4 heterocycles. The highest BCUT2D eigenvalue weighted by molar-refractivity contribution is 7.10. The van der Waals surface area contributed by atoms with Gasteiger partial charge in [0.1, 0.15) is 16.3 Å². The maximum atomic E-state index is 13.6. The predicted molar refractivity (Wildman–Crippen MR) is 188 cm³/mol. The van der Waals surface area contributed by atoms with E-state index < -0.39 is 46.4 Å². The Morgan fingerprint density at radius 2 is 1.75 bits per heavy atom. The van der Waals surface area contributed by atoms with E-state index in [0.717, 1.165) is 23.3 Å². The number of thiophene rings is 1. The smallest absolute Gasteiger partial charge is 0.425 e. The zero-order valence-corrected chi connectivity index (χ0v) is 30.8. The van der Waals surface area contributed by atoms with Crippen molar-refractivity contribution in [3.05, 3.63) is 80.3 Å². The van der Waals surface area contributed by atoms with Crippen LogP contribution in [-0.2, 0) is 34.9 Å². The molecule has 1 fully saturated rings. The number of halogens is 7. The van der Waals surface area contributed by atoms with Crippen molar-refractivity contribution in [3.63, 3.8) is 0 Å². The number of hydrogen-bond donors (Lipinski definition) is 2. The topological polar surface area (TPSA) is 112 Å². The number of nitrogens with one attached hydrogen (secondary N) is 1. The number of pyridine rings is 1. The molecule has 1 saturated heterocycles. The lowest BCUT2D eigenvalue weighted by Gasteiger charge is -2.43. The van der Waals surface area contributed by atoms with Gasteiger partial charge in [0.2, 0.25) is 11.8 Å². The second-order valence-corrected chi connectivity index (χ2v) is 13.0. The number of ether oxygens (including phenoxy) is 1. The number of likely N-dealkylation sites (tertiary alicyclic amines) is 1. The Bertz CT molecular complexity index is 1680. The normalized spacial score (nSPS) is 16.6. The highest BCUT2D eigenvalue weighted by Crippen LogP contribution is 2.37. The van der Waals surface area contributed by atoms with Gasteiger partial charge in [0.15, 0.2) is 0 Å². The lowest BCUT2D eigenvalue weighted by molar-refractivity contribution is -0.141. The standard InChI is InChI=1S/C25H27ClF3N3O2.C6H5F3OS.C3H7NO2.C2H2/c1-2-5-21-19(23(33)31-13-10-16-14-18(26)9-8-17(16)15-31)6-4-12-32(21)24(34)22-20(25(27,28)29)7-3-11-30-22;1-10-4-2-5(11-3-4)6(7,8)9;1-2-3(5)4-6;1-2/h3,7-9,11,14,19,21H,2,4-6,10,12-13,15H2,1H3;2-3H,1H3;6H,2H2,1H3,(H,4,5);1-2H/t19-,21-;;;/m1.../s1. The van der Waals surface area contributed by atoms with Gasteiger partial charge in [-0.05, 0) is 61.1 Å². The first-order valence-corrected chi connectivity index (χ1v) is 17.7. The first-order chi connectivity index (χ1) is 25.0. The van der Waals surface area contributed by atoms with E-state index in [4.69, 9.17) is 16.8 Å². The number of fused-ring (bicyclic) bond motifs is 1. The van der Waals surface area contributed by atoms with Gasteiger partial charge in [-0.3, -0.25) is 24.6 Å². The van der Waals surface area contributed by atoms with Gasteiger partial charge in [0.25, 0.3) is 5.91 Å². The zero-order chi connectivity index (χ0) is 39.9. The second-order valence-electron chi connectivity index (χ2n) is 11.7. The number of piperidine rings is 1. The van der Waals surface area contributed by atoms with E-state index >= 15 is 0 Å². The van der Waals surface area contributed by atoms with E-state index in [-0.39, 0.29) is 17.6 Å². The molecule has 0 spiro atoms. The number of carbonyl (C=O) groups excluding carboxylic acids is 3. The Hall–Kier alpha value is -4.33. The molecule has 3 aromatic rings. The number of alkyl halides is 6. The van der Waals surface area contributed by atoms with E-state index in [0.29, 0.717) is 74.5 Å². The number of amides is 3. The molecule has 2 aliphatic heterocycles. The van der Waals surface area contributed by atoms with Gasteiger partial charge >= 0.3 is 12.4 Å². The third-order valence-corrected chi connectivity index (χ3v) is 9.47. The van der Waals surface area contributed by atoms with Crippen LogP contribution in [0.2, 0.25) is 5.02 Å². The molecule has 0 bridgehead atoms. The van der Waals surface area contributed by atoms with Crippen molar-refractivity contribution in [1.29, 1.82) is 0 Å². The van der Waals surface area contributed by atoms with Gasteiger partial charge in [0.05, 0.1) is 18.6 Å². The first-order valence-electron chi connectivity index (χ1n) is 16.4. The number of hydrogen-bond acceptors (Lipinski definition) is 7. The average Bonchev–Trinajstić information content (AvgIpc) is 3.66. The van der Waals surface area contributed by atoms with Crippen molar-refractivity contribution in [2.45, 2.75) is 77.3 Å². The average molecular weight is 791 g/mol. The van der Waals surface area contributed by atoms with Gasteiger partial charge in [0, 0.05) is 54.8 Å². The van der Waals surface area contributed by atoms with Crippen molar-refractivity contribution in [2.24, 2.45) is 5.92 Å². The van der Waals surface area contributed by atoms with Crippen molar-refractivity contribution < 1.29 is 50.7 Å². The molecule has 2 N–H and O–H groups in total. The lowest BCUT2D eigenvalue weighted by atomic mass is 9.84. The van der Waals surface area contributed by atoms with Gasteiger partial charge in [-0.2, -0.15) is 26.3 Å². The van der Waals surface area contributed by atoms with Gasteiger partial charge in [-0.25, -0.2) is 5.48 Å². The molecule has 2 aromatic heterocycles. The number of benzene rings is 1. The second kappa shape index (κ2) is 20.8. The van der Waals surface area contributed by atoms with E-state index in [1.54, 1.807) is 17.9 Å². The summed E-state index contributed by atoms with van der Waals surface area (Å²) in [6, 6.07) is 8.22. The van der Waals surface area contributed by atoms with Crippen LogP contribution >= 0.6 is 22.9 Å². The van der Waals surface area contributed by atoms with Crippen LogP contribution in [0.4, 0.5) is 26.3 Å². The minimum absolute atomic E-state index is 0.0476. The Kier molecular flexibility index (Phi) is 17.6. The monoisotopic (exact) mass is 790 g/mol. The van der Waals surface area contributed by atoms with Crippen LogP contribution in [0.3, 0.4) is 0 Å². The summed E-state index contributed by atoms with van der Waals surface area (Å²) in [5, 5.41) is 9.72. The van der Waals surface area contributed by atoms with E-state index in [1.165, 1.54) is 35.1 Å². The van der Waals surface area contributed by atoms with Crippen LogP contribution in [0.5, 0.6) is 5.75 Å². The number of terminal acetylenes is 1. The summed E-state index contributed by atoms with van der Waals surface area (Å²) in [4.78, 5) is 43.2. The molecule has 53 heavy (non-hydrogen) atoms. The van der Waals surface area contributed by atoms with Crippen LogP contribution in [0.25, 0.3) is 0 Å². The summed E-state index contributed by atoms with van der Waals surface area (Å²) in [6.07, 6.45) is 3.68. The summed E-state index contributed by atoms with van der Waals surface area (Å²) in [7, 11) is 1.34. The molecule has 2 atom stereocenters. The van der Waals surface area contributed by atoms with Crippen LogP contribution < -0.4 is 10.2 Å². The number of hydroxylamine groups is 1. The SMILES string of the molecule is C#C.CCC(=O)NO.CCC[C@@H]1[C@H](C(=O)N2CCc3cc(Cl)ccc3C2)CCCN1C(=O)c1ncccc1C(F)(F)F.COc1csc(C(F)(F)F)c1. The molecule has 17 heteroatoms. The van der Waals surface area contributed by atoms with Gasteiger partial charge in [-0.15, -0.1) is 24.2 Å². The van der Waals surface area contributed by atoms with Crippen LogP contribution in [0.15, 0.2) is 48.0 Å². The largest absolute Gasteiger partial charge is 0.496 e. The Morgan fingerprint density at radius 1 is 1.06 bits per heavy atom. The maximum absolute atomic E-state index is 13.6. The fraction of sp³-hybridized carbons (Fsp3) is 0.444. The molecule has 9 nitrogen and oxygen atoms in total. The van der Waals surface area contributed by atoms with Crippen molar-refractivity contribution in [2.75, 3.05) is 20.2 Å². The molecule has 0 aliphatic carbocycles. The minimum Gasteiger partial charge on any atom is -0.496 e. The van der Waals surface area contributed by atoms with E-state index in [9.17, 15) is 40.7 Å². The highest BCUT2D eigenvalue weighted by atomic mass is 35.5. The maximum Gasteiger partial charge on any atom is 0.425 e. The van der Waals surface area contributed by atoms with E-state index in [2.05, 4.69) is 22.6 Å². The van der Waals surface area contributed by atoms with Gasteiger partial charge in [-0.1, -0.05) is 37.9 Å². The molecule has 290 valence electrons. The number of methoxy groups -OCH3 is 1. The number of carbonyl (C=O) groups is 3. The van der Waals surface area contributed by atoms with Crippen LogP contribution in [-0.4, -0.2) is 64.0 Å². The molecule has 0 radical (unpaired) electrons. The molecule has 0 unspecified atom stereocenters. The Balaban J connectivity index is 0.000000420. The summed E-state index contributed by atoms with van der Waals surface area (Å²) >= 11 is 6.72. The number of nitrogens with zero attached hydrogens (tertiary/aromatic N) is 3. The van der Waals surface area contributed by atoms with Crippen molar-refractivity contribution in [3.8, 4) is 18.6 Å². The lowest BCUT2D eigenvalue weighted by Crippen LogP contribution is -2.54. The fourth-order valence-electron chi connectivity index (χ4n) is 5.79. The van der Waals surface area contributed by atoms with Crippen LogP contribution in [0, 0.1) is 18.8 Å². The third-order valence-electron chi connectivity index (χ3n) is 8.29. The molecule has 0 saturated carbocycles. The third kappa shape index (κ3) is 12.6. The number of aromatic nitrogens is 1. The minimum atomic E-state index is -4.69. The van der Waals surface area contributed by atoms with E-state index in [1.807, 2.05) is 19.1 Å². The predicted octanol–water partition coefficient (Wildman–Crippen LogP) is 8.29. The summed E-state index contributed by atoms with van der Waals surface area (Å²) in [5.41, 5.74) is 1.99. The number of rotatable bonds is 6. The summed E-state index contributed by atoms with van der Waals surface area (Å²) in [5.74, 6) is -1.36. The fourth-order valence-corrected chi connectivity index (χ4v) is 6.71. The summed E-state index contributed by atoms with van der Waals surface area (Å²) < 4.78 is 80.9. The Morgan fingerprint density at radius 3 is 2.28 bits per heavy atom. The van der Waals surface area contributed by atoms with Crippen LogP contribution in [0.1, 0.15) is 78.0 Å². The molecule has 1 aromatic carbocycles. The summed E-state index contributed by atoms with van der Waals surface area (Å²) in [6.45, 7) is 4.93. The quantitative estimate of drug-likeness (QED) is 0.113. The van der Waals surface area contributed by atoms with Crippen molar-refractivity contribution in [1.82, 2.24) is 20.3 Å². The zero-order valence-electron chi connectivity index (χ0n) is 29.3. The molecule has 3 amide bonds. The molecule has 5 rings (SSSR count). The molecular formula is C36H41ClF6N4O5S. The Labute approximate surface area is 313 Å². The molecular weight excluding hydrogens is 750 g/mol.